The van der Waals surface area contributed by atoms with Gasteiger partial charge >= 0.3 is 5.97 Å². The van der Waals surface area contributed by atoms with Crippen molar-refractivity contribution in [2.45, 2.75) is 33.2 Å². The Kier molecular flexibility index (Phi) is 6.05. The number of carbonyl (C=O) groups is 2. The highest BCUT2D eigenvalue weighted by Gasteiger charge is 2.15. The summed E-state index contributed by atoms with van der Waals surface area (Å²) in [5.41, 5.74) is 4.61. The molecule has 0 aliphatic heterocycles. The molecule has 1 amide bonds. The van der Waals surface area contributed by atoms with Crippen LogP contribution in [0.25, 0.3) is 11.0 Å². The first-order valence-electron chi connectivity index (χ1n) is 9.01. The Morgan fingerprint density at radius 2 is 1.93 bits per heavy atom. The van der Waals surface area contributed by atoms with Gasteiger partial charge in [0.2, 0.25) is 0 Å². The number of aryl methyl sites for hydroxylation is 2. The van der Waals surface area contributed by atoms with E-state index in [-0.39, 0.29) is 25.0 Å². The Morgan fingerprint density at radius 3 is 2.68 bits per heavy atom. The molecule has 0 saturated heterocycles. The van der Waals surface area contributed by atoms with Gasteiger partial charge in [-0.1, -0.05) is 23.7 Å². The van der Waals surface area contributed by atoms with Crippen molar-refractivity contribution in [3.05, 3.63) is 69.9 Å². The van der Waals surface area contributed by atoms with Crippen molar-refractivity contribution >= 4 is 34.4 Å². The maximum Gasteiger partial charge on any atom is 0.310 e. The fourth-order valence-electron chi connectivity index (χ4n) is 2.97. The van der Waals surface area contributed by atoms with Crippen molar-refractivity contribution < 1.29 is 18.7 Å². The molecule has 3 rings (SSSR count). The molecule has 1 heterocycles. The molecule has 28 heavy (non-hydrogen) atoms. The Bertz CT molecular complexity index is 1020. The summed E-state index contributed by atoms with van der Waals surface area (Å²) < 4.78 is 10.6. The number of amides is 1. The van der Waals surface area contributed by atoms with E-state index in [1.54, 1.807) is 18.4 Å². The van der Waals surface area contributed by atoms with Crippen LogP contribution in [-0.4, -0.2) is 18.5 Å². The molecule has 0 aliphatic rings. The molecular formula is C22H22ClNO4. The van der Waals surface area contributed by atoms with Crippen molar-refractivity contribution in [3.8, 4) is 0 Å². The largest absolute Gasteiger partial charge is 0.464 e. The number of carbonyl (C=O) groups excluding carboxylic acids is 2. The van der Waals surface area contributed by atoms with E-state index in [2.05, 4.69) is 5.32 Å². The van der Waals surface area contributed by atoms with Gasteiger partial charge in [-0.3, -0.25) is 9.59 Å². The molecule has 1 N–H and O–H groups in total. The minimum absolute atomic E-state index is 0.0482. The van der Waals surface area contributed by atoms with Crippen LogP contribution in [0.4, 0.5) is 0 Å². The number of halogens is 1. The van der Waals surface area contributed by atoms with Gasteiger partial charge < -0.3 is 14.5 Å². The highest BCUT2D eigenvalue weighted by atomic mass is 35.5. The van der Waals surface area contributed by atoms with Crippen molar-refractivity contribution in [3.63, 3.8) is 0 Å². The number of rotatable bonds is 6. The molecule has 1 atom stereocenters. The SMILES string of the molecule is Cc1cc2occ(CC(=O)OCC(=O)N[C@H](C)c3cccc(Cl)c3)c2cc1C. The normalized spacial score (nSPS) is 12.0. The lowest BCUT2D eigenvalue weighted by atomic mass is 10.0. The van der Waals surface area contributed by atoms with Gasteiger partial charge in [0.05, 0.1) is 18.7 Å². The molecule has 0 aliphatic carbocycles. The van der Waals surface area contributed by atoms with E-state index in [1.165, 1.54) is 0 Å². The summed E-state index contributed by atoms with van der Waals surface area (Å²) in [6.45, 7) is 5.52. The summed E-state index contributed by atoms with van der Waals surface area (Å²) in [5.74, 6) is -0.851. The summed E-state index contributed by atoms with van der Waals surface area (Å²) in [4.78, 5) is 24.2. The first kappa shape index (κ1) is 20.0. The summed E-state index contributed by atoms with van der Waals surface area (Å²) in [7, 11) is 0. The molecule has 0 bridgehead atoms. The lowest BCUT2D eigenvalue weighted by Gasteiger charge is -2.14. The Morgan fingerprint density at radius 1 is 1.18 bits per heavy atom. The molecule has 3 aromatic rings. The average molecular weight is 400 g/mol. The molecule has 0 saturated carbocycles. The minimum atomic E-state index is -0.480. The number of furan rings is 1. The van der Waals surface area contributed by atoms with Crippen LogP contribution in [-0.2, 0) is 20.7 Å². The van der Waals surface area contributed by atoms with Crippen LogP contribution >= 0.6 is 11.6 Å². The topological polar surface area (TPSA) is 68.5 Å². The van der Waals surface area contributed by atoms with E-state index >= 15 is 0 Å². The lowest BCUT2D eigenvalue weighted by Crippen LogP contribution is -2.31. The molecule has 1 aromatic heterocycles. The second-order valence-corrected chi connectivity index (χ2v) is 7.31. The van der Waals surface area contributed by atoms with Crippen molar-refractivity contribution in [2.75, 3.05) is 6.61 Å². The molecule has 0 fully saturated rings. The molecule has 0 radical (unpaired) electrons. The summed E-state index contributed by atoms with van der Waals surface area (Å²) in [6.07, 6.45) is 1.61. The predicted molar refractivity (Wildman–Crippen MR) is 108 cm³/mol. The number of nitrogens with one attached hydrogen (secondary N) is 1. The first-order chi connectivity index (χ1) is 13.3. The maximum absolute atomic E-state index is 12.1. The Labute approximate surface area is 168 Å². The highest BCUT2D eigenvalue weighted by molar-refractivity contribution is 6.30. The monoisotopic (exact) mass is 399 g/mol. The van der Waals surface area contributed by atoms with E-state index in [1.807, 2.05) is 45.0 Å². The molecule has 2 aromatic carbocycles. The van der Waals surface area contributed by atoms with E-state index < -0.39 is 5.97 Å². The van der Waals surface area contributed by atoms with E-state index in [0.29, 0.717) is 5.02 Å². The second-order valence-electron chi connectivity index (χ2n) is 6.88. The number of benzene rings is 2. The number of hydrogen-bond acceptors (Lipinski definition) is 4. The maximum atomic E-state index is 12.1. The van der Waals surface area contributed by atoms with Crippen LogP contribution in [0, 0.1) is 13.8 Å². The summed E-state index contributed by atoms with van der Waals surface area (Å²) in [6, 6.07) is 10.9. The van der Waals surface area contributed by atoms with E-state index in [9.17, 15) is 9.59 Å². The van der Waals surface area contributed by atoms with Gasteiger partial charge in [0.25, 0.3) is 5.91 Å². The van der Waals surface area contributed by atoms with Crippen molar-refractivity contribution in [1.82, 2.24) is 5.32 Å². The molecule has 146 valence electrons. The first-order valence-corrected chi connectivity index (χ1v) is 9.39. The molecule has 5 nitrogen and oxygen atoms in total. The standard InChI is InChI=1S/C22H22ClNO4/c1-13-7-19-17(11-27-20(19)8-14(13)2)10-22(26)28-12-21(25)24-15(3)16-5-4-6-18(23)9-16/h4-9,11,15H,10,12H2,1-3H3,(H,24,25)/t15-/m1/s1. The third-order valence-corrected chi connectivity index (χ3v) is 4.93. The van der Waals surface area contributed by atoms with E-state index in [4.69, 9.17) is 20.8 Å². The van der Waals surface area contributed by atoms with Crippen molar-refractivity contribution in [1.29, 1.82) is 0 Å². The van der Waals surface area contributed by atoms with Gasteiger partial charge in [-0.15, -0.1) is 0 Å². The highest BCUT2D eigenvalue weighted by Crippen LogP contribution is 2.25. The quantitative estimate of drug-likeness (QED) is 0.612. The third-order valence-electron chi connectivity index (χ3n) is 4.70. The van der Waals surface area contributed by atoms with Crippen LogP contribution in [0.3, 0.4) is 0 Å². The van der Waals surface area contributed by atoms with Crippen LogP contribution in [0.5, 0.6) is 0 Å². The van der Waals surface area contributed by atoms with Crippen LogP contribution in [0.1, 0.15) is 35.2 Å². The summed E-state index contributed by atoms with van der Waals surface area (Å²) >= 11 is 5.97. The number of fused-ring (bicyclic) bond motifs is 1. The third kappa shape index (κ3) is 4.73. The lowest BCUT2D eigenvalue weighted by molar-refractivity contribution is -0.148. The average Bonchev–Trinajstić information content (AvgIpc) is 3.02. The Balaban J connectivity index is 1.54. The summed E-state index contributed by atoms with van der Waals surface area (Å²) in [5, 5.41) is 4.28. The van der Waals surface area contributed by atoms with Gasteiger partial charge in [0.1, 0.15) is 5.58 Å². The predicted octanol–water partition coefficient (Wildman–Crippen LogP) is 4.67. The molecule has 6 heteroatoms. The molecule has 0 unspecified atom stereocenters. The molecular weight excluding hydrogens is 378 g/mol. The van der Waals surface area contributed by atoms with Gasteiger partial charge in [-0.05, 0) is 61.7 Å². The van der Waals surface area contributed by atoms with Crippen LogP contribution in [0.2, 0.25) is 5.02 Å². The fraction of sp³-hybridized carbons (Fsp3) is 0.273. The zero-order chi connectivity index (χ0) is 20.3. The minimum Gasteiger partial charge on any atom is -0.464 e. The number of ether oxygens (including phenoxy) is 1. The van der Waals surface area contributed by atoms with Crippen molar-refractivity contribution in [2.24, 2.45) is 0 Å². The second kappa shape index (κ2) is 8.48. The van der Waals surface area contributed by atoms with E-state index in [0.717, 1.165) is 33.2 Å². The number of esters is 1. The zero-order valence-corrected chi connectivity index (χ0v) is 16.8. The Hall–Kier alpha value is -2.79. The van der Waals surface area contributed by atoms with Crippen LogP contribution in [0.15, 0.2) is 47.1 Å². The van der Waals surface area contributed by atoms with Gasteiger partial charge in [-0.25, -0.2) is 0 Å². The fourth-order valence-corrected chi connectivity index (χ4v) is 3.17. The van der Waals surface area contributed by atoms with Crippen LogP contribution < -0.4 is 5.32 Å². The van der Waals surface area contributed by atoms with Gasteiger partial charge in [0.15, 0.2) is 6.61 Å². The van der Waals surface area contributed by atoms with Gasteiger partial charge in [0, 0.05) is 16.0 Å². The number of hydrogen-bond donors (Lipinski definition) is 1. The smallest absolute Gasteiger partial charge is 0.310 e. The zero-order valence-electron chi connectivity index (χ0n) is 16.0. The molecule has 0 spiro atoms. The van der Waals surface area contributed by atoms with Gasteiger partial charge in [-0.2, -0.15) is 0 Å².